The molecular formula is C28H20ClN3O5. The summed E-state index contributed by atoms with van der Waals surface area (Å²) in [5.74, 6) is -0.355. The maximum atomic E-state index is 12.8. The van der Waals surface area contributed by atoms with Crippen molar-refractivity contribution in [2.24, 2.45) is 0 Å². The van der Waals surface area contributed by atoms with Gasteiger partial charge in [-0.25, -0.2) is 9.97 Å². The molecule has 0 bridgehead atoms. The van der Waals surface area contributed by atoms with Crippen LogP contribution >= 0.6 is 11.6 Å². The number of aliphatic carboxylic acids is 1. The van der Waals surface area contributed by atoms with Crippen molar-refractivity contribution in [3.8, 4) is 34.0 Å². The Morgan fingerprint density at radius 2 is 1.81 bits per heavy atom. The number of carboxylic acid groups (broad SMARTS) is 1. The number of benzene rings is 3. The van der Waals surface area contributed by atoms with E-state index in [1.165, 1.54) is 7.11 Å². The van der Waals surface area contributed by atoms with Crippen molar-refractivity contribution in [1.82, 2.24) is 9.97 Å². The molecule has 5 rings (SSSR count). The highest BCUT2D eigenvalue weighted by atomic mass is 35.5. The summed E-state index contributed by atoms with van der Waals surface area (Å²) in [6, 6.07) is 15.4. The van der Waals surface area contributed by atoms with Crippen molar-refractivity contribution in [3.63, 3.8) is 0 Å². The van der Waals surface area contributed by atoms with Crippen LogP contribution in [0.15, 0.2) is 67.0 Å². The van der Waals surface area contributed by atoms with E-state index in [1.807, 2.05) is 6.07 Å². The molecule has 0 saturated carbocycles. The Balaban J connectivity index is 1.53. The number of carbonyl (C=O) groups is 2. The SMILES string of the molecule is COc1ccc(C=C2C(=O)Nc3cc(Cl)c(-c4ncc(-c5ccccc5O)cn4)cc32)cc1CC(=O)O. The maximum Gasteiger partial charge on any atom is 0.307 e. The molecule has 1 amide bonds. The molecule has 0 unspecified atom stereocenters. The molecular weight excluding hydrogens is 494 g/mol. The zero-order chi connectivity index (χ0) is 26.1. The van der Waals surface area contributed by atoms with Crippen LogP contribution in [0.25, 0.3) is 34.2 Å². The number of methoxy groups -OCH3 is 1. The lowest BCUT2D eigenvalue weighted by Crippen LogP contribution is -2.04. The second-order valence-electron chi connectivity index (χ2n) is 8.34. The van der Waals surface area contributed by atoms with Gasteiger partial charge in [0.05, 0.1) is 24.2 Å². The number of ether oxygens (including phenoxy) is 1. The topological polar surface area (TPSA) is 122 Å². The zero-order valence-electron chi connectivity index (χ0n) is 19.5. The lowest BCUT2D eigenvalue weighted by Gasteiger charge is -2.09. The Bertz CT molecular complexity index is 1580. The third-order valence-corrected chi connectivity index (χ3v) is 6.27. The molecule has 8 nitrogen and oxygen atoms in total. The van der Waals surface area contributed by atoms with Gasteiger partial charge >= 0.3 is 5.97 Å². The number of hydrogen-bond donors (Lipinski definition) is 3. The molecule has 0 spiro atoms. The lowest BCUT2D eigenvalue weighted by molar-refractivity contribution is -0.136. The molecule has 0 saturated heterocycles. The van der Waals surface area contributed by atoms with Gasteiger partial charge in [0.15, 0.2) is 5.82 Å². The predicted molar refractivity (Wildman–Crippen MR) is 140 cm³/mol. The van der Waals surface area contributed by atoms with Crippen LogP contribution in [0.4, 0.5) is 5.69 Å². The number of aromatic hydroxyl groups is 1. The number of carbonyl (C=O) groups excluding carboxylic acids is 1. The van der Waals surface area contributed by atoms with E-state index >= 15 is 0 Å². The van der Waals surface area contributed by atoms with Crippen molar-refractivity contribution < 1.29 is 24.5 Å². The molecule has 9 heteroatoms. The van der Waals surface area contributed by atoms with Gasteiger partial charge in [0.25, 0.3) is 5.91 Å². The number of para-hydroxylation sites is 1. The maximum absolute atomic E-state index is 12.8. The van der Waals surface area contributed by atoms with Gasteiger partial charge in [0, 0.05) is 45.8 Å². The Hall–Kier alpha value is -4.69. The average Bonchev–Trinajstić information content (AvgIpc) is 3.17. The number of aromatic nitrogens is 2. The number of anilines is 1. The molecule has 37 heavy (non-hydrogen) atoms. The van der Waals surface area contributed by atoms with Gasteiger partial charge in [-0.05, 0) is 42.0 Å². The Morgan fingerprint density at radius 1 is 1.05 bits per heavy atom. The minimum Gasteiger partial charge on any atom is -0.507 e. The van der Waals surface area contributed by atoms with Crippen molar-refractivity contribution >= 4 is 40.8 Å². The Labute approximate surface area is 216 Å². The van der Waals surface area contributed by atoms with Gasteiger partial charge in [-0.1, -0.05) is 35.9 Å². The Kier molecular flexibility index (Phi) is 6.33. The number of phenolic OH excluding ortho intramolecular Hbond substituents is 1. The van der Waals surface area contributed by atoms with E-state index in [2.05, 4.69) is 15.3 Å². The summed E-state index contributed by atoms with van der Waals surface area (Å²) in [5.41, 5.74) is 4.50. The number of nitrogens with one attached hydrogen (secondary N) is 1. The van der Waals surface area contributed by atoms with Crippen LogP contribution < -0.4 is 10.1 Å². The summed E-state index contributed by atoms with van der Waals surface area (Å²) < 4.78 is 5.26. The summed E-state index contributed by atoms with van der Waals surface area (Å²) in [7, 11) is 1.47. The first-order chi connectivity index (χ1) is 17.8. The number of fused-ring (bicyclic) bond motifs is 1. The fourth-order valence-electron chi connectivity index (χ4n) is 4.21. The summed E-state index contributed by atoms with van der Waals surface area (Å²) in [6.07, 6.45) is 4.67. The second kappa shape index (κ2) is 9.75. The molecule has 2 heterocycles. The predicted octanol–water partition coefficient (Wildman–Crippen LogP) is 5.30. The molecule has 1 aliphatic rings. The van der Waals surface area contributed by atoms with Crippen LogP contribution in [0, 0.1) is 0 Å². The van der Waals surface area contributed by atoms with Crippen LogP contribution in [-0.2, 0) is 16.0 Å². The van der Waals surface area contributed by atoms with E-state index in [4.69, 9.17) is 16.3 Å². The minimum absolute atomic E-state index is 0.124. The number of halogens is 1. The van der Waals surface area contributed by atoms with Gasteiger partial charge < -0.3 is 20.3 Å². The van der Waals surface area contributed by atoms with E-state index < -0.39 is 5.97 Å². The van der Waals surface area contributed by atoms with Gasteiger partial charge in [0.2, 0.25) is 0 Å². The second-order valence-corrected chi connectivity index (χ2v) is 8.75. The van der Waals surface area contributed by atoms with Crippen LogP contribution in [-0.4, -0.2) is 39.2 Å². The van der Waals surface area contributed by atoms with Crippen LogP contribution in [0.2, 0.25) is 5.02 Å². The molecule has 3 aromatic carbocycles. The molecule has 0 fully saturated rings. The third-order valence-electron chi connectivity index (χ3n) is 5.96. The molecule has 0 aliphatic carbocycles. The molecule has 4 aromatic rings. The number of hydrogen-bond acceptors (Lipinski definition) is 6. The lowest BCUT2D eigenvalue weighted by atomic mass is 9.99. The van der Waals surface area contributed by atoms with E-state index in [9.17, 15) is 19.8 Å². The third kappa shape index (κ3) is 4.74. The first kappa shape index (κ1) is 24.0. The quantitative estimate of drug-likeness (QED) is 0.299. The van der Waals surface area contributed by atoms with Crippen molar-refractivity contribution in [2.45, 2.75) is 6.42 Å². The van der Waals surface area contributed by atoms with E-state index in [1.54, 1.807) is 67.0 Å². The number of nitrogens with zero attached hydrogens (tertiary/aromatic N) is 2. The van der Waals surface area contributed by atoms with Gasteiger partial charge in [-0.15, -0.1) is 0 Å². The van der Waals surface area contributed by atoms with Crippen LogP contribution in [0.5, 0.6) is 11.5 Å². The average molecular weight is 514 g/mol. The number of carboxylic acids is 1. The fraction of sp³-hybridized carbons (Fsp3) is 0.0714. The fourth-order valence-corrected chi connectivity index (χ4v) is 4.45. The normalized spacial score (nSPS) is 13.4. The minimum atomic E-state index is -0.986. The Morgan fingerprint density at radius 3 is 2.51 bits per heavy atom. The van der Waals surface area contributed by atoms with Crippen LogP contribution in [0.1, 0.15) is 16.7 Å². The summed E-state index contributed by atoms with van der Waals surface area (Å²) in [5, 5.41) is 22.5. The van der Waals surface area contributed by atoms with Gasteiger partial charge in [-0.3, -0.25) is 9.59 Å². The number of rotatable bonds is 6. The first-order valence-electron chi connectivity index (χ1n) is 11.2. The number of phenols is 1. The highest BCUT2D eigenvalue weighted by Gasteiger charge is 2.26. The standard InChI is InChI=1S/C28H20ClN3O5/c1-37-25-7-6-15(8-16(25)10-26(34)35)9-20-19-11-21(22(29)12-23(19)32-28(20)36)27-30-13-17(14-31-27)18-4-2-3-5-24(18)33/h2-9,11-14,33H,10H2,1H3,(H,32,36)(H,34,35). The first-order valence-corrected chi connectivity index (χ1v) is 11.6. The van der Waals surface area contributed by atoms with Gasteiger partial charge in [0.1, 0.15) is 11.5 Å². The van der Waals surface area contributed by atoms with Crippen molar-refractivity contribution in [2.75, 3.05) is 12.4 Å². The van der Waals surface area contributed by atoms with Crippen LogP contribution in [0.3, 0.4) is 0 Å². The largest absolute Gasteiger partial charge is 0.507 e. The van der Waals surface area contributed by atoms with Crippen molar-refractivity contribution in [3.05, 3.63) is 88.7 Å². The van der Waals surface area contributed by atoms with E-state index in [0.29, 0.717) is 61.2 Å². The highest BCUT2D eigenvalue weighted by Crippen LogP contribution is 2.40. The molecule has 0 atom stereocenters. The molecule has 3 N–H and O–H groups in total. The summed E-state index contributed by atoms with van der Waals surface area (Å²) >= 11 is 6.52. The van der Waals surface area contributed by atoms with Crippen molar-refractivity contribution in [1.29, 1.82) is 0 Å². The smallest absolute Gasteiger partial charge is 0.307 e. The highest BCUT2D eigenvalue weighted by molar-refractivity contribution is 6.38. The number of amides is 1. The van der Waals surface area contributed by atoms with Gasteiger partial charge in [-0.2, -0.15) is 0 Å². The zero-order valence-corrected chi connectivity index (χ0v) is 20.3. The summed E-state index contributed by atoms with van der Waals surface area (Å²) in [4.78, 5) is 33.0. The van der Waals surface area contributed by atoms with E-state index in [0.717, 1.165) is 0 Å². The summed E-state index contributed by atoms with van der Waals surface area (Å²) in [6.45, 7) is 0. The van der Waals surface area contributed by atoms with E-state index in [-0.39, 0.29) is 18.1 Å². The molecule has 1 aliphatic heterocycles. The molecule has 0 radical (unpaired) electrons. The monoisotopic (exact) mass is 513 g/mol. The molecule has 1 aromatic heterocycles. The molecule has 184 valence electrons.